The van der Waals surface area contributed by atoms with E-state index in [2.05, 4.69) is 23.1 Å². The summed E-state index contributed by atoms with van der Waals surface area (Å²) < 4.78 is 1.95. The molecule has 2 aromatic rings. The minimum atomic E-state index is -0.754. The first-order chi connectivity index (χ1) is 10.7. The van der Waals surface area contributed by atoms with Gasteiger partial charge in [-0.15, -0.1) is 0 Å². The maximum absolute atomic E-state index is 11.6. The molecule has 1 aliphatic heterocycles. The monoisotopic (exact) mass is 319 g/mol. The topological polar surface area (TPSA) is 58.4 Å². The lowest BCUT2D eigenvalue weighted by molar-refractivity contribution is -0.144. The minimum Gasteiger partial charge on any atom is -0.480 e. The molecule has 0 aliphatic carbocycles. The van der Waals surface area contributed by atoms with Gasteiger partial charge in [-0.2, -0.15) is 16.4 Å². The maximum Gasteiger partial charge on any atom is 0.325 e. The standard InChI is InChI=1S/C16H21N3O2S/c1-2-19-10-14(9-17-19)12-3-6-18(7-4-12)15(16(20)21)13-5-8-22-11-13/h5,8-12,15H,2-4,6-7H2,1H3,(H,20,21). The maximum atomic E-state index is 11.6. The van der Waals surface area contributed by atoms with E-state index in [4.69, 9.17) is 0 Å². The third-order valence-corrected chi connectivity index (χ3v) is 5.14. The zero-order chi connectivity index (χ0) is 15.5. The predicted molar refractivity (Wildman–Crippen MR) is 86.1 cm³/mol. The summed E-state index contributed by atoms with van der Waals surface area (Å²) >= 11 is 1.55. The fourth-order valence-electron chi connectivity index (χ4n) is 3.19. The zero-order valence-corrected chi connectivity index (χ0v) is 13.5. The summed E-state index contributed by atoms with van der Waals surface area (Å²) in [6.45, 7) is 4.60. The SMILES string of the molecule is CCn1cc(C2CCN(C(C(=O)O)c3ccsc3)CC2)cn1. The fourth-order valence-corrected chi connectivity index (χ4v) is 3.87. The lowest BCUT2D eigenvalue weighted by atomic mass is 9.90. The Hall–Kier alpha value is -1.66. The number of nitrogens with zero attached hydrogens (tertiary/aromatic N) is 3. The van der Waals surface area contributed by atoms with E-state index < -0.39 is 12.0 Å². The molecule has 0 bridgehead atoms. The quantitative estimate of drug-likeness (QED) is 0.920. The second kappa shape index (κ2) is 6.62. The van der Waals surface area contributed by atoms with Gasteiger partial charge in [0.25, 0.3) is 0 Å². The normalized spacial score (nSPS) is 18.4. The van der Waals surface area contributed by atoms with Crippen LogP contribution in [0, 0.1) is 0 Å². The highest BCUT2D eigenvalue weighted by Gasteiger charge is 2.31. The molecular weight excluding hydrogens is 298 g/mol. The summed E-state index contributed by atoms with van der Waals surface area (Å²) in [5.41, 5.74) is 2.18. The van der Waals surface area contributed by atoms with Crippen LogP contribution in [0.25, 0.3) is 0 Å². The lowest BCUT2D eigenvalue weighted by Crippen LogP contribution is -2.39. The van der Waals surface area contributed by atoms with Crippen LogP contribution in [0.4, 0.5) is 0 Å². The van der Waals surface area contributed by atoms with Crippen molar-refractivity contribution in [2.75, 3.05) is 13.1 Å². The van der Waals surface area contributed by atoms with E-state index in [1.165, 1.54) is 5.56 Å². The molecule has 1 N–H and O–H groups in total. The van der Waals surface area contributed by atoms with Crippen LogP contribution < -0.4 is 0 Å². The second-order valence-corrected chi connectivity index (χ2v) is 6.52. The molecule has 1 fully saturated rings. The van der Waals surface area contributed by atoms with E-state index in [1.807, 2.05) is 27.7 Å². The number of carboxylic acids is 1. The Morgan fingerprint density at radius 1 is 1.50 bits per heavy atom. The highest BCUT2D eigenvalue weighted by atomic mass is 32.1. The number of piperidine rings is 1. The van der Waals surface area contributed by atoms with Crippen molar-refractivity contribution in [1.82, 2.24) is 14.7 Å². The molecule has 1 saturated heterocycles. The zero-order valence-electron chi connectivity index (χ0n) is 12.7. The van der Waals surface area contributed by atoms with Crippen molar-refractivity contribution >= 4 is 17.3 Å². The van der Waals surface area contributed by atoms with E-state index in [1.54, 1.807) is 11.3 Å². The van der Waals surface area contributed by atoms with E-state index in [9.17, 15) is 9.90 Å². The van der Waals surface area contributed by atoms with Gasteiger partial charge in [-0.25, -0.2) is 0 Å². The van der Waals surface area contributed by atoms with Gasteiger partial charge < -0.3 is 5.11 Å². The smallest absolute Gasteiger partial charge is 0.325 e. The predicted octanol–water partition coefficient (Wildman–Crippen LogP) is 2.97. The largest absolute Gasteiger partial charge is 0.480 e. The number of carbonyl (C=O) groups is 1. The Balaban J connectivity index is 1.66. The highest BCUT2D eigenvalue weighted by molar-refractivity contribution is 7.08. The number of rotatable bonds is 5. The Labute approximate surface area is 134 Å². The summed E-state index contributed by atoms with van der Waals surface area (Å²) in [6, 6.07) is 1.41. The third kappa shape index (κ3) is 3.08. The summed E-state index contributed by atoms with van der Waals surface area (Å²) in [4.78, 5) is 13.7. The molecule has 1 atom stereocenters. The lowest BCUT2D eigenvalue weighted by Gasteiger charge is -2.35. The number of likely N-dealkylation sites (tertiary alicyclic amines) is 1. The van der Waals surface area contributed by atoms with Gasteiger partial charge in [0.15, 0.2) is 0 Å². The van der Waals surface area contributed by atoms with E-state index in [-0.39, 0.29) is 0 Å². The first kappa shape index (κ1) is 15.2. The summed E-state index contributed by atoms with van der Waals surface area (Å²) in [6.07, 6.45) is 6.05. The Morgan fingerprint density at radius 3 is 2.82 bits per heavy atom. The molecule has 2 aromatic heterocycles. The van der Waals surface area contributed by atoms with E-state index >= 15 is 0 Å². The average molecular weight is 319 g/mol. The molecule has 1 aliphatic rings. The van der Waals surface area contributed by atoms with Crippen LogP contribution in [0.5, 0.6) is 0 Å². The van der Waals surface area contributed by atoms with Gasteiger partial charge >= 0.3 is 5.97 Å². The molecule has 118 valence electrons. The van der Waals surface area contributed by atoms with Gasteiger partial charge in [0.1, 0.15) is 6.04 Å². The Kier molecular flexibility index (Phi) is 4.59. The molecule has 0 saturated carbocycles. The van der Waals surface area contributed by atoms with Crippen molar-refractivity contribution in [2.24, 2.45) is 0 Å². The number of hydrogen-bond acceptors (Lipinski definition) is 4. The third-order valence-electron chi connectivity index (χ3n) is 4.44. The van der Waals surface area contributed by atoms with Crippen LogP contribution in [-0.2, 0) is 11.3 Å². The van der Waals surface area contributed by atoms with Gasteiger partial charge in [-0.3, -0.25) is 14.4 Å². The van der Waals surface area contributed by atoms with Crippen molar-refractivity contribution in [3.63, 3.8) is 0 Å². The molecule has 5 nitrogen and oxygen atoms in total. The number of hydrogen-bond donors (Lipinski definition) is 1. The Bertz CT molecular complexity index is 615. The first-order valence-corrected chi connectivity index (χ1v) is 8.64. The van der Waals surface area contributed by atoms with Crippen LogP contribution in [0.1, 0.15) is 42.9 Å². The van der Waals surface area contributed by atoms with Crippen LogP contribution in [-0.4, -0.2) is 38.8 Å². The molecule has 22 heavy (non-hydrogen) atoms. The summed E-state index contributed by atoms with van der Waals surface area (Å²) in [7, 11) is 0. The molecule has 1 unspecified atom stereocenters. The number of aryl methyl sites for hydroxylation is 1. The average Bonchev–Trinajstić information content (AvgIpc) is 3.19. The fraction of sp³-hybridized carbons (Fsp3) is 0.500. The summed E-state index contributed by atoms with van der Waals surface area (Å²) in [5.74, 6) is -0.260. The Morgan fingerprint density at radius 2 is 2.27 bits per heavy atom. The van der Waals surface area contributed by atoms with Crippen LogP contribution in [0.2, 0.25) is 0 Å². The minimum absolute atomic E-state index is 0.494. The number of aromatic nitrogens is 2. The molecule has 0 amide bonds. The molecule has 3 heterocycles. The number of carboxylic acid groups (broad SMARTS) is 1. The van der Waals surface area contributed by atoms with Crippen molar-refractivity contribution in [3.8, 4) is 0 Å². The van der Waals surface area contributed by atoms with E-state index in [0.29, 0.717) is 5.92 Å². The molecular formula is C16H21N3O2S. The van der Waals surface area contributed by atoms with Gasteiger partial charge in [0, 0.05) is 12.7 Å². The second-order valence-electron chi connectivity index (χ2n) is 5.74. The van der Waals surface area contributed by atoms with Gasteiger partial charge in [-0.05, 0) is 66.7 Å². The number of aliphatic carboxylic acids is 1. The molecule has 0 aromatic carbocycles. The van der Waals surface area contributed by atoms with Gasteiger partial charge in [0.2, 0.25) is 0 Å². The van der Waals surface area contributed by atoms with Crippen molar-refractivity contribution in [1.29, 1.82) is 0 Å². The van der Waals surface area contributed by atoms with Gasteiger partial charge in [-0.1, -0.05) is 0 Å². The van der Waals surface area contributed by atoms with Crippen LogP contribution >= 0.6 is 11.3 Å². The van der Waals surface area contributed by atoms with Crippen molar-refractivity contribution < 1.29 is 9.90 Å². The first-order valence-electron chi connectivity index (χ1n) is 7.70. The molecule has 3 rings (SSSR count). The molecule has 6 heteroatoms. The highest BCUT2D eigenvalue weighted by Crippen LogP contribution is 2.32. The van der Waals surface area contributed by atoms with Crippen LogP contribution in [0.3, 0.4) is 0 Å². The number of thiophene rings is 1. The molecule has 0 radical (unpaired) electrons. The van der Waals surface area contributed by atoms with Crippen molar-refractivity contribution in [3.05, 3.63) is 40.3 Å². The van der Waals surface area contributed by atoms with E-state index in [0.717, 1.165) is 38.0 Å². The summed E-state index contributed by atoms with van der Waals surface area (Å²) in [5, 5.41) is 17.8. The van der Waals surface area contributed by atoms with Crippen LogP contribution in [0.15, 0.2) is 29.2 Å². The molecule has 0 spiro atoms. The van der Waals surface area contributed by atoms with Gasteiger partial charge in [0.05, 0.1) is 6.20 Å². The van der Waals surface area contributed by atoms with Crippen molar-refractivity contribution in [2.45, 2.75) is 38.3 Å².